The molecule has 98 valence electrons. The first-order chi connectivity index (χ1) is 8.84. The van der Waals surface area contributed by atoms with Crippen molar-refractivity contribution in [3.63, 3.8) is 0 Å². The van der Waals surface area contributed by atoms with Gasteiger partial charge in [0.2, 0.25) is 0 Å². The maximum Gasteiger partial charge on any atom is 0.289 e. The zero-order valence-electron chi connectivity index (χ0n) is 10.7. The van der Waals surface area contributed by atoms with E-state index >= 15 is 0 Å². The fraction of sp³-hybridized carbons (Fsp3) is 0.643. The molecule has 18 heavy (non-hydrogen) atoms. The minimum Gasteiger partial charge on any atom is -0.459 e. The maximum absolute atomic E-state index is 12.3. The average molecular weight is 248 g/mol. The molecule has 0 aromatic carbocycles. The number of hydrogen-bond donors (Lipinski definition) is 0. The molecule has 1 aromatic heterocycles. The molecule has 2 saturated heterocycles. The normalized spacial score (nSPS) is 24.9. The molecule has 4 nitrogen and oxygen atoms in total. The second kappa shape index (κ2) is 5.14. The summed E-state index contributed by atoms with van der Waals surface area (Å²) in [6.45, 7) is 4.29. The lowest BCUT2D eigenvalue weighted by molar-refractivity contribution is 0.0676. The first kappa shape index (κ1) is 11.8. The largest absolute Gasteiger partial charge is 0.459 e. The summed E-state index contributed by atoms with van der Waals surface area (Å²) in [6.07, 6.45) is 6.42. The molecule has 2 aliphatic heterocycles. The average Bonchev–Trinajstić information content (AvgIpc) is 3.12. The van der Waals surface area contributed by atoms with E-state index in [1.807, 2.05) is 4.90 Å². The quantitative estimate of drug-likeness (QED) is 0.820. The lowest BCUT2D eigenvalue weighted by atomic mass is 10.2. The van der Waals surface area contributed by atoms with E-state index in [0.717, 1.165) is 25.9 Å². The number of furan rings is 1. The van der Waals surface area contributed by atoms with Crippen LogP contribution in [0, 0.1) is 0 Å². The second-order valence-corrected chi connectivity index (χ2v) is 5.28. The molecule has 0 bridgehead atoms. The SMILES string of the molecule is O=C(c1ccco1)N1CCCC1CN1CCCC1. The zero-order chi connectivity index (χ0) is 12.4. The summed E-state index contributed by atoms with van der Waals surface area (Å²) >= 11 is 0. The fourth-order valence-electron chi connectivity index (χ4n) is 3.10. The maximum atomic E-state index is 12.3. The molecule has 1 atom stereocenters. The predicted octanol–water partition coefficient (Wildman–Crippen LogP) is 1.98. The summed E-state index contributed by atoms with van der Waals surface area (Å²) in [5.74, 6) is 0.532. The Hall–Kier alpha value is -1.29. The molecule has 0 saturated carbocycles. The fourth-order valence-corrected chi connectivity index (χ4v) is 3.10. The van der Waals surface area contributed by atoms with E-state index < -0.39 is 0 Å². The zero-order valence-corrected chi connectivity index (χ0v) is 10.7. The topological polar surface area (TPSA) is 36.7 Å². The predicted molar refractivity (Wildman–Crippen MR) is 68.4 cm³/mol. The van der Waals surface area contributed by atoms with Crippen LogP contribution in [0.5, 0.6) is 0 Å². The number of likely N-dealkylation sites (tertiary alicyclic amines) is 2. The smallest absolute Gasteiger partial charge is 0.289 e. The standard InChI is InChI=1S/C14H20N2O2/c17-14(13-6-4-10-18-13)16-9-3-5-12(16)11-15-7-1-2-8-15/h4,6,10,12H,1-3,5,7-9,11H2. The lowest BCUT2D eigenvalue weighted by Gasteiger charge is -2.27. The van der Waals surface area contributed by atoms with Crippen LogP contribution in [0.2, 0.25) is 0 Å². The van der Waals surface area contributed by atoms with E-state index in [9.17, 15) is 4.79 Å². The minimum atomic E-state index is 0.0571. The molecular formula is C14H20N2O2. The molecule has 1 unspecified atom stereocenters. The molecule has 4 heteroatoms. The van der Waals surface area contributed by atoms with Crippen molar-refractivity contribution in [3.8, 4) is 0 Å². The van der Waals surface area contributed by atoms with Crippen LogP contribution < -0.4 is 0 Å². The van der Waals surface area contributed by atoms with Gasteiger partial charge in [-0.1, -0.05) is 0 Å². The van der Waals surface area contributed by atoms with Gasteiger partial charge in [-0.3, -0.25) is 4.79 Å². The van der Waals surface area contributed by atoms with Crippen molar-refractivity contribution < 1.29 is 9.21 Å². The number of amides is 1. The highest BCUT2D eigenvalue weighted by Gasteiger charge is 2.32. The molecule has 2 aliphatic rings. The highest BCUT2D eigenvalue weighted by Crippen LogP contribution is 2.22. The van der Waals surface area contributed by atoms with Crippen LogP contribution in [0.15, 0.2) is 22.8 Å². The Labute approximate surface area is 108 Å². The van der Waals surface area contributed by atoms with Gasteiger partial charge in [0.05, 0.1) is 6.26 Å². The summed E-state index contributed by atoms with van der Waals surface area (Å²) in [5.41, 5.74) is 0. The van der Waals surface area contributed by atoms with Gasteiger partial charge in [0.25, 0.3) is 5.91 Å². The van der Waals surface area contributed by atoms with Gasteiger partial charge < -0.3 is 14.2 Å². The Morgan fingerprint density at radius 2 is 2.11 bits per heavy atom. The molecule has 0 spiro atoms. The summed E-state index contributed by atoms with van der Waals surface area (Å²) in [4.78, 5) is 16.8. The van der Waals surface area contributed by atoms with Crippen LogP contribution >= 0.6 is 0 Å². The highest BCUT2D eigenvalue weighted by atomic mass is 16.3. The molecule has 1 amide bonds. The minimum absolute atomic E-state index is 0.0571. The van der Waals surface area contributed by atoms with Gasteiger partial charge >= 0.3 is 0 Å². The van der Waals surface area contributed by atoms with Crippen molar-refractivity contribution in [3.05, 3.63) is 24.2 Å². The number of hydrogen-bond acceptors (Lipinski definition) is 3. The number of rotatable bonds is 3. The van der Waals surface area contributed by atoms with E-state index in [0.29, 0.717) is 11.8 Å². The van der Waals surface area contributed by atoms with Crippen LogP contribution in [-0.2, 0) is 0 Å². The molecule has 3 heterocycles. The van der Waals surface area contributed by atoms with Crippen LogP contribution in [0.1, 0.15) is 36.2 Å². The van der Waals surface area contributed by atoms with E-state index in [-0.39, 0.29) is 5.91 Å². The van der Waals surface area contributed by atoms with Gasteiger partial charge in [-0.25, -0.2) is 0 Å². The van der Waals surface area contributed by atoms with Crippen molar-refractivity contribution in [1.82, 2.24) is 9.80 Å². The third-order valence-corrected chi connectivity index (χ3v) is 4.04. The van der Waals surface area contributed by atoms with Gasteiger partial charge in [-0.05, 0) is 50.9 Å². The molecule has 0 aliphatic carbocycles. The monoisotopic (exact) mass is 248 g/mol. The van der Waals surface area contributed by atoms with E-state index in [1.165, 1.54) is 25.9 Å². The van der Waals surface area contributed by atoms with Crippen LogP contribution in [0.25, 0.3) is 0 Å². The van der Waals surface area contributed by atoms with E-state index in [2.05, 4.69) is 4.90 Å². The van der Waals surface area contributed by atoms with Gasteiger partial charge in [-0.15, -0.1) is 0 Å². The highest BCUT2D eigenvalue weighted by molar-refractivity contribution is 5.91. The third kappa shape index (κ3) is 2.29. The van der Waals surface area contributed by atoms with Gasteiger partial charge in [0.15, 0.2) is 5.76 Å². The van der Waals surface area contributed by atoms with Crippen LogP contribution in [-0.4, -0.2) is 47.9 Å². The number of carbonyl (C=O) groups is 1. The summed E-state index contributed by atoms with van der Waals surface area (Å²) in [6, 6.07) is 3.91. The van der Waals surface area contributed by atoms with Gasteiger partial charge in [0.1, 0.15) is 0 Å². The molecule has 3 rings (SSSR count). The Morgan fingerprint density at radius 1 is 1.28 bits per heavy atom. The van der Waals surface area contributed by atoms with Crippen molar-refractivity contribution in [2.75, 3.05) is 26.2 Å². The third-order valence-electron chi connectivity index (χ3n) is 4.04. The summed E-state index contributed by atoms with van der Waals surface area (Å²) < 4.78 is 5.22. The van der Waals surface area contributed by atoms with Gasteiger partial charge in [-0.2, -0.15) is 0 Å². The van der Waals surface area contributed by atoms with Crippen molar-refractivity contribution in [2.24, 2.45) is 0 Å². The van der Waals surface area contributed by atoms with Crippen LogP contribution in [0.4, 0.5) is 0 Å². The van der Waals surface area contributed by atoms with E-state index in [4.69, 9.17) is 4.42 Å². The molecule has 0 radical (unpaired) electrons. The molecule has 0 N–H and O–H groups in total. The lowest BCUT2D eigenvalue weighted by Crippen LogP contribution is -2.42. The first-order valence-electron chi connectivity index (χ1n) is 6.91. The van der Waals surface area contributed by atoms with Gasteiger partial charge in [0, 0.05) is 19.1 Å². The Kier molecular flexibility index (Phi) is 3.37. The summed E-state index contributed by atoms with van der Waals surface area (Å²) in [7, 11) is 0. The summed E-state index contributed by atoms with van der Waals surface area (Å²) in [5, 5.41) is 0. The van der Waals surface area contributed by atoms with Crippen molar-refractivity contribution in [1.29, 1.82) is 0 Å². The number of carbonyl (C=O) groups excluding carboxylic acids is 1. The Bertz CT molecular complexity index is 396. The first-order valence-corrected chi connectivity index (χ1v) is 6.91. The number of nitrogens with zero attached hydrogens (tertiary/aromatic N) is 2. The molecule has 2 fully saturated rings. The Balaban J connectivity index is 1.65. The van der Waals surface area contributed by atoms with Crippen LogP contribution in [0.3, 0.4) is 0 Å². The van der Waals surface area contributed by atoms with E-state index in [1.54, 1.807) is 18.4 Å². The molecule has 1 aromatic rings. The second-order valence-electron chi connectivity index (χ2n) is 5.28. The Morgan fingerprint density at radius 3 is 2.83 bits per heavy atom. The molecular weight excluding hydrogens is 228 g/mol. The van der Waals surface area contributed by atoms with Crippen molar-refractivity contribution >= 4 is 5.91 Å². The van der Waals surface area contributed by atoms with Crippen molar-refractivity contribution in [2.45, 2.75) is 31.7 Å².